The van der Waals surface area contributed by atoms with E-state index in [0.29, 0.717) is 11.4 Å². The quantitative estimate of drug-likeness (QED) is 0.676. The van der Waals surface area contributed by atoms with E-state index in [1.54, 1.807) is 30.6 Å². The van der Waals surface area contributed by atoms with E-state index in [4.69, 9.17) is 0 Å². The van der Waals surface area contributed by atoms with Crippen molar-refractivity contribution in [1.29, 1.82) is 0 Å². The highest BCUT2D eigenvalue weighted by molar-refractivity contribution is 7.92. The fraction of sp³-hybridized carbons (Fsp3) is 0.167. The number of H-pyrrole nitrogens is 1. The van der Waals surface area contributed by atoms with Crippen molar-refractivity contribution in [2.45, 2.75) is 18.4 Å². The summed E-state index contributed by atoms with van der Waals surface area (Å²) in [6.07, 6.45) is 0. The highest BCUT2D eigenvalue weighted by atomic mass is 32.2. The zero-order valence-electron chi connectivity index (χ0n) is 11.0. The van der Waals surface area contributed by atoms with Crippen LogP contribution in [0, 0.1) is 6.92 Å². The van der Waals surface area contributed by atoms with E-state index >= 15 is 0 Å². The Morgan fingerprint density at radius 3 is 3.00 bits per heavy atom. The number of aryl methyl sites for hydroxylation is 1. The van der Waals surface area contributed by atoms with Gasteiger partial charge in [0.05, 0.1) is 33.7 Å². The molecule has 3 rings (SSSR count). The van der Waals surface area contributed by atoms with Crippen molar-refractivity contribution < 1.29 is 13.5 Å². The number of rotatable bonds is 4. The number of fused-ring (bicyclic) bond motifs is 1. The van der Waals surface area contributed by atoms with E-state index in [1.165, 1.54) is 11.3 Å². The first-order valence-corrected chi connectivity index (χ1v) is 8.38. The van der Waals surface area contributed by atoms with Gasteiger partial charge in [0.1, 0.15) is 10.6 Å². The molecule has 3 N–H and O–H groups in total. The van der Waals surface area contributed by atoms with Gasteiger partial charge in [-0.2, -0.15) is 5.10 Å². The van der Waals surface area contributed by atoms with Gasteiger partial charge < -0.3 is 5.11 Å². The first-order valence-electron chi connectivity index (χ1n) is 6.02. The lowest BCUT2D eigenvalue weighted by atomic mass is 10.3. The van der Waals surface area contributed by atoms with Crippen molar-refractivity contribution in [2.75, 3.05) is 4.72 Å². The van der Waals surface area contributed by atoms with Crippen molar-refractivity contribution in [1.82, 2.24) is 15.2 Å². The van der Waals surface area contributed by atoms with Gasteiger partial charge >= 0.3 is 0 Å². The van der Waals surface area contributed by atoms with E-state index in [2.05, 4.69) is 19.9 Å². The highest BCUT2D eigenvalue weighted by Gasteiger charge is 2.24. The van der Waals surface area contributed by atoms with Crippen molar-refractivity contribution in [3.63, 3.8) is 0 Å². The Balaban J connectivity index is 2.00. The molecule has 0 atom stereocenters. The molecule has 2 aromatic heterocycles. The molecule has 0 radical (unpaired) electrons. The normalized spacial score (nSPS) is 11.9. The Labute approximate surface area is 124 Å². The van der Waals surface area contributed by atoms with E-state index < -0.39 is 16.6 Å². The highest BCUT2D eigenvalue weighted by Crippen LogP contribution is 2.25. The number of aromatic nitrogens is 3. The number of aliphatic hydroxyl groups excluding tert-OH is 1. The van der Waals surface area contributed by atoms with Gasteiger partial charge in [-0.15, -0.1) is 11.3 Å². The van der Waals surface area contributed by atoms with Gasteiger partial charge in [-0.3, -0.25) is 9.82 Å². The molecule has 1 aromatic carbocycles. The molecule has 9 heteroatoms. The summed E-state index contributed by atoms with van der Waals surface area (Å²) in [4.78, 5) is 4.12. The lowest BCUT2D eigenvalue weighted by molar-refractivity contribution is 0.273. The maximum atomic E-state index is 12.4. The topological polar surface area (TPSA) is 108 Å². The number of hydrogen-bond donors (Lipinski definition) is 3. The summed E-state index contributed by atoms with van der Waals surface area (Å²) in [7, 11) is -3.81. The lowest BCUT2D eigenvalue weighted by Gasteiger charge is -2.08. The van der Waals surface area contributed by atoms with Crippen molar-refractivity contribution in [3.8, 4) is 0 Å². The number of nitrogens with one attached hydrogen (secondary N) is 2. The molecule has 0 spiro atoms. The third kappa shape index (κ3) is 2.50. The average Bonchev–Trinajstić information content (AvgIpc) is 3.03. The molecule has 0 aliphatic rings. The van der Waals surface area contributed by atoms with Crippen LogP contribution in [0.3, 0.4) is 0 Å². The third-order valence-electron chi connectivity index (χ3n) is 2.96. The second kappa shape index (κ2) is 5.10. The molecule has 0 aliphatic carbocycles. The van der Waals surface area contributed by atoms with Gasteiger partial charge in [-0.05, 0) is 25.1 Å². The second-order valence-corrected chi connectivity index (χ2v) is 6.93. The number of hydrogen-bond acceptors (Lipinski definition) is 6. The van der Waals surface area contributed by atoms with Gasteiger partial charge in [0.25, 0.3) is 10.0 Å². The van der Waals surface area contributed by atoms with E-state index in [9.17, 15) is 13.5 Å². The summed E-state index contributed by atoms with van der Waals surface area (Å²) >= 11 is 1.43. The zero-order chi connectivity index (χ0) is 15.0. The van der Waals surface area contributed by atoms with Crippen molar-refractivity contribution >= 4 is 37.3 Å². The number of benzene rings is 1. The second-order valence-electron chi connectivity index (χ2n) is 4.42. The molecule has 0 amide bonds. The zero-order valence-corrected chi connectivity index (χ0v) is 12.6. The van der Waals surface area contributed by atoms with Crippen LogP contribution in [0.15, 0.2) is 28.6 Å². The molecule has 0 bridgehead atoms. The molecule has 0 saturated carbocycles. The maximum absolute atomic E-state index is 12.4. The smallest absolute Gasteiger partial charge is 0.265 e. The number of sulfonamides is 1. The third-order valence-corrected chi connectivity index (χ3v) is 5.34. The van der Waals surface area contributed by atoms with Crippen LogP contribution in [0.4, 0.5) is 5.69 Å². The van der Waals surface area contributed by atoms with Crippen LogP contribution in [0.5, 0.6) is 0 Å². The standard InChI is InChI=1S/C12H12N4O3S2/c1-7-12(10(5-17)15-14-7)21(18,19)16-8-2-3-9-11(4-8)20-6-13-9/h2-4,6,16-17H,5H2,1H3,(H,14,15). The molecule has 0 saturated heterocycles. The van der Waals surface area contributed by atoms with Crippen molar-refractivity contribution in [3.05, 3.63) is 35.1 Å². The molecule has 7 nitrogen and oxygen atoms in total. The van der Waals surface area contributed by atoms with E-state index in [-0.39, 0.29) is 10.6 Å². The van der Waals surface area contributed by atoms with Gasteiger partial charge in [0.2, 0.25) is 0 Å². The first-order chi connectivity index (χ1) is 10.0. The van der Waals surface area contributed by atoms with Crippen LogP contribution in [0.25, 0.3) is 10.2 Å². The molecule has 2 heterocycles. The molecular formula is C12H12N4O3S2. The summed E-state index contributed by atoms with van der Waals surface area (Å²) in [5.74, 6) is 0. The molecule has 3 aromatic rings. The van der Waals surface area contributed by atoms with Crippen molar-refractivity contribution in [2.24, 2.45) is 0 Å². The predicted octanol–water partition coefficient (Wildman–Crippen LogP) is 1.62. The van der Waals surface area contributed by atoms with Gasteiger partial charge in [-0.25, -0.2) is 13.4 Å². The summed E-state index contributed by atoms with van der Waals surface area (Å²) in [5, 5.41) is 15.5. The van der Waals surface area contributed by atoms with Crippen LogP contribution < -0.4 is 4.72 Å². The fourth-order valence-electron chi connectivity index (χ4n) is 2.06. The van der Waals surface area contributed by atoms with Gasteiger partial charge in [-0.1, -0.05) is 0 Å². The first kappa shape index (κ1) is 14.0. The van der Waals surface area contributed by atoms with Gasteiger partial charge in [0, 0.05) is 0 Å². The summed E-state index contributed by atoms with van der Waals surface area (Å²) < 4.78 is 28.3. The van der Waals surface area contributed by atoms with Gasteiger partial charge in [0.15, 0.2) is 0 Å². The largest absolute Gasteiger partial charge is 0.390 e. The number of aromatic amines is 1. The Kier molecular flexibility index (Phi) is 3.40. The Morgan fingerprint density at radius 1 is 1.43 bits per heavy atom. The Bertz CT molecular complexity index is 898. The molecule has 0 fully saturated rings. The number of anilines is 1. The fourth-order valence-corrected chi connectivity index (χ4v) is 4.18. The molecular weight excluding hydrogens is 312 g/mol. The number of thiazole rings is 1. The van der Waals surface area contributed by atoms with E-state index in [1.807, 2.05) is 0 Å². The molecule has 0 unspecified atom stereocenters. The number of aliphatic hydroxyl groups is 1. The molecule has 0 aliphatic heterocycles. The van der Waals surface area contributed by atoms with Crippen LogP contribution in [0.1, 0.15) is 11.4 Å². The van der Waals surface area contributed by atoms with Crippen LogP contribution >= 0.6 is 11.3 Å². The average molecular weight is 324 g/mol. The summed E-state index contributed by atoms with van der Waals surface area (Å²) in [6, 6.07) is 5.12. The van der Waals surface area contributed by atoms with Crippen LogP contribution in [-0.4, -0.2) is 28.7 Å². The summed E-state index contributed by atoms with van der Waals surface area (Å²) in [5.41, 5.74) is 3.44. The molecule has 21 heavy (non-hydrogen) atoms. The minimum Gasteiger partial charge on any atom is -0.390 e. The minimum atomic E-state index is -3.81. The Morgan fingerprint density at radius 2 is 2.24 bits per heavy atom. The van der Waals surface area contributed by atoms with E-state index in [0.717, 1.165) is 10.2 Å². The summed E-state index contributed by atoms with van der Waals surface area (Å²) in [6.45, 7) is 1.14. The van der Waals surface area contributed by atoms with Crippen LogP contribution in [-0.2, 0) is 16.6 Å². The predicted molar refractivity (Wildman–Crippen MR) is 79.7 cm³/mol. The minimum absolute atomic E-state index is 0.0191. The molecule has 110 valence electrons. The maximum Gasteiger partial charge on any atom is 0.265 e. The monoisotopic (exact) mass is 324 g/mol. The number of nitrogens with zero attached hydrogens (tertiary/aromatic N) is 2. The SMILES string of the molecule is Cc1[nH]nc(CO)c1S(=O)(=O)Nc1ccc2ncsc2c1. The van der Waals surface area contributed by atoms with Crippen LogP contribution in [0.2, 0.25) is 0 Å². The Hall–Kier alpha value is -1.97. The lowest BCUT2D eigenvalue weighted by Crippen LogP contribution is -2.15.